The van der Waals surface area contributed by atoms with Crippen LogP contribution in [0.15, 0.2) is 115 Å². The molecule has 1 unspecified atom stereocenters. The summed E-state index contributed by atoms with van der Waals surface area (Å²) in [5.41, 5.74) is 10.5. The fourth-order valence-corrected chi connectivity index (χ4v) is 6.27. The largest absolute Gasteiger partial charge is 0.313 e. The number of hydrogen-bond acceptors (Lipinski definition) is 2. The maximum Gasteiger partial charge on any atom is 0.160 e. The number of fused-ring (bicyclic) bond motifs is 3. The molecule has 1 atom stereocenters. The van der Waals surface area contributed by atoms with Gasteiger partial charge in [0.25, 0.3) is 0 Å². The molecule has 0 fully saturated rings. The van der Waals surface area contributed by atoms with Crippen LogP contribution in [-0.2, 0) is 12.8 Å². The van der Waals surface area contributed by atoms with E-state index in [0.29, 0.717) is 5.92 Å². The Morgan fingerprint density at radius 2 is 1.32 bits per heavy atom. The maximum atomic E-state index is 5.08. The van der Waals surface area contributed by atoms with E-state index < -0.39 is 0 Å². The van der Waals surface area contributed by atoms with Crippen LogP contribution in [0, 0.1) is 11.8 Å². The zero-order valence-electron chi connectivity index (χ0n) is 23.1. The number of nitrogens with zero attached hydrogens (tertiary/aromatic N) is 3. The van der Waals surface area contributed by atoms with Gasteiger partial charge in [0.1, 0.15) is 0 Å². The zero-order valence-corrected chi connectivity index (χ0v) is 23.1. The molecule has 0 saturated heterocycles. The minimum absolute atomic E-state index is 0.703. The Hall–Kier alpha value is -4.50. The lowest BCUT2D eigenvalue weighted by molar-refractivity contribution is 0.341. The van der Waals surface area contributed by atoms with E-state index >= 15 is 0 Å². The van der Waals surface area contributed by atoms with Gasteiger partial charge in [-0.3, -0.25) is 0 Å². The molecule has 2 heterocycles. The Kier molecular flexibility index (Phi) is 6.28. The van der Waals surface area contributed by atoms with E-state index in [9.17, 15) is 0 Å². The molecule has 0 bridgehead atoms. The first-order valence-electron chi connectivity index (χ1n) is 14.4. The molecule has 1 aliphatic carbocycles. The zero-order chi connectivity index (χ0) is 27.1. The minimum atomic E-state index is 0.703. The molecular formula is C37H33N3. The summed E-state index contributed by atoms with van der Waals surface area (Å²) >= 11 is 0. The van der Waals surface area contributed by atoms with Crippen molar-refractivity contribution in [3.05, 3.63) is 127 Å². The lowest BCUT2D eigenvalue weighted by Gasteiger charge is -2.27. The Bertz CT molecular complexity index is 1740. The van der Waals surface area contributed by atoms with Gasteiger partial charge in [-0.2, -0.15) is 0 Å². The predicted molar refractivity (Wildman–Crippen MR) is 166 cm³/mol. The number of para-hydroxylation sites is 1. The second-order valence-corrected chi connectivity index (χ2v) is 11.3. The summed E-state index contributed by atoms with van der Waals surface area (Å²) in [6.07, 6.45) is 3.52. The Balaban J connectivity index is 1.38. The standard InChI is InChI=1S/C37H33N3/c1-25(2)28-20-21-36-32(23-28)31-18-9-10-19-35(31)40(36)30-17-11-16-29(22-30)34-24-33(26-12-5-3-6-13-26)38-37(39-34)27-14-7-4-8-15-27/h3-19,22,24-25,28H,20-21,23H2,1-2H3. The van der Waals surface area contributed by atoms with Crippen LogP contribution in [0.5, 0.6) is 0 Å². The smallest absolute Gasteiger partial charge is 0.160 e. The van der Waals surface area contributed by atoms with Crippen molar-refractivity contribution in [3.63, 3.8) is 0 Å². The lowest BCUT2D eigenvalue weighted by Crippen LogP contribution is -2.19. The Morgan fingerprint density at radius 3 is 2.08 bits per heavy atom. The van der Waals surface area contributed by atoms with Crippen molar-refractivity contribution in [2.75, 3.05) is 0 Å². The van der Waals surface area contributed by atoms with Crippen molar-refractivity contribution in [1.29, 1.82) is 0 Å². The van der Waals surface area contributed by atoms with Crippen LogP contribution >= 0.6 is 0 Å². The molecule has 3 heteroatoms. The molecular weight excluding hydrogens is 486 g/mol. The number of benzene rings is 4. The van der Waals surface area contributed by atoms with Gasteiger partial charge in [-0.15, -0.1) is 0 Å². The van der Waals surface area contributed by atoms with E-state index in [1.54, 1.807) is 0 Å². The number of aromatic nitrogens is 3. The van der Waals surface area contributed by atoms with E-state index in [4.69, 9.17) is 9.97 Å². The fraction of sp³-hybridized carbons (Fsp3) is 0.189. The molecule has 0 spiro atoms. The van der Waals surface area contributed by atoms with E-state index in [1.165, 1.54) is 34.3 Å². The van der Waals surface area contributed by atoms with Crippen LogP contribution in [0.2, 0.25) is 0 Å². The normalized spacial score (nSPS) is 14.9. The second kappa shape index (κ2) is 10.2. The van der Waals surface area contributed by atoms with E-state index in [1.807, 2.05) is 24.3 Å². The van der Waals surface area contributed by atoms with Crippen molar-refractivity contribution in [2.45, 2.75) is 33.1 Å². The molecule has 0 aliphatic heterocycles. The quantitative estimate of drug-likeness (QED) is 0.227. The molecule has 2 aromatic heterocycles. The molecule has 3 nitrogen and oxygen atoms in total. The number of rotatable bonds is 5. The summed E-state index contributed by atoms with van der Waals surface area (Å²) in [4.78, 5) is 10.1. The van der Waals surface area contributed by atoms with Gasteiger partial charge in [0, 0.05) is 33.5 Å². The molecule has 196 valence electrons. The molecule has 0 amide bonds. The van der Waals surface area contributed by atoms with Crippen molar-refractivity contribution in [1.82, 2.24) is 14.5 Å². The van der Waals surface area contributed by atoms with Crippen LogP contribution in [-0.4, -0.2) is 14.5 Å². The molecule has 4 aromatic carbocycles. The summed E-state index contributed by atoms with van der Waals surface area (Å²) < 4.78 is 2.50. The van der Waals surface area contributed by atoms with Gasteiger partial charge in [-0.1, -0.05) is 105 Å². The third-order valence-electron chi connectivity index (χ3n) is 8.48. The number of hydrogen-bond donors (Lipinski definition) is 0. The first-order chi connectivity index (χ1) is 19.7. The van der Waals surface area contributed by atoms with Gasteiger partial charge < -0.3 is 4.57 Å². The van der Waals surface area contributed by atoms with Gasteiger partial charge >= 0.3 is 0 Å². The Labute approximate surface area is 236 Å². The van der Waals surface area contributed by atoms with Crippen molar-refractivity contribution in [3.8, 4) is 39.6 Å². The van der Waals surface area contributed by atoms with Crippen molar-refractivity contribution in [2.24, 2.45) is 11.8 Å². The predicted octanol–water partition coefficient (Wildman–Crippen LogP) is 9.18. The van der Waals surface area contributed by atoms with Gasteiger partial charge in [0.15, 0.2) is 5.82 Å². The van der Waals surface area contributed by atoms with Crippen LogP contribution in [0.3, 0.4) is 0 Å². The molecule has 6 aromatic rings. The molecule has 0 radical (unpaired) electrons. The summed E-state index contributed by atoms with van der Waals surface area (Å²) in [5.74, 6) is 2.19. The highest BCUT2D eigenvalue weighted by Crippen LogP contribution is 2.39. The molecule has 40 heavy (non-hydrogen) atoms. The fourth-order valence-electron chi connectivity index (χ4n) is 6.27. The first kappa shape index (κ1) is 24.5. The van der Waals surface area contributed by atoms with Crippen LogP contribution < -0.4 is 0 Å². The Morgan fingerprint density at radius 1 is 0.675 bits per heavy atom. The van der Waals surface area contributed by atoms with Gasteiger partial charge in [0.05, 0.1) is 16.9 Å². The van der Waals surface area contributed by atoms with Gasteiger partial charge in [0.2, 0.25) is 0 Å². The van der Waals surface area contributed by atoms with E-state index in [0.717, 1.165) is 52.7 Å². The highest BCUT2D eigenvalue weighted by molar-refractivity contribution is 5.88. The van der Waals surface area contributed by atoms with E-state index in [2.05, 4.69) is 109 Å². The van der Waals surface area contributed by atoms with Gasteiger partial charge in [-0.25, -0.2) is 9.97 Å². The first-order valence-corrected chi connectivity index (χ1v) is 14.4. The monoisotopic (exact) mass is 519 g/mol. The van der Waals surface area contributed by atoms with Crippen molar-refractivity contribution < 1.29 is 0 Å². The van der Waals surface area contributed by atoms with Crippen LogP contribution in [0.4, 0.5) is 0 Å². The topological polar surface area (TPSA) is 30.7 Å². The summed E-state index contributed by atoms with van der Waals surface area (Å²) in [5, 5.41) is 1.40. The lowest BCUT2D eigenvalue weighted by atomic mass is 9.80. The summed E-state index contributed by atoms with van der Waals surface area (Å²) in [6.45, 7) is 4.74. The maximum absolute atomic E-state index is 5.08. The highest BCUT2D eigenvalue weighted by Gasteiger charge is 2.27. The summed E-state index contributed by atoms with van der Waals surface area (Å²) in [6, 6.07) is 40.6. The van der Waals surface area contributed by atoms with Gasteiger partial charge in [-0.05, 0) is 60.9 Å². The molecule has 7 rings (SSSR count). The van der Waals surface area contributed by atoms with Crippen molar-refractivity contribution >= 4 is 10.9 Å². The average Bonchev–Trinajstić information content (AvgIpc) is 3.35. The average molecular weight is 520 g/mol. The van der Waals surface area contributed by atoms with E-state index in [-0.39, 0.29) is 0 Å². The molecule has 0 N–H and O–H groups in total. The van der Waals surface area contributed by atoms with Crippen LogP contribution in [0.1, 0.15) is 31.5 Å². The third kappa shape index (κ3) is 4.42. The summed E-state index contributed by atoms with van der Waals surface area (Å²) in [7, 11) is 0. The highest BCUT2D eigenvalue weighted by atomic mass is 15.0. The minimum Gasteiger partial charge on any atom is -0.313 e. The van der Waals surface area contributed by atoms with Crippen LogP contribution in [0.25, 0.3) is 50.5 Å². The molecule has 1 aliphatic rings. The molecule has 0 saturated carbocycles. The SMILES string of the molecule is CC(C)C1CCc2c(c3ccccc3n2-c2cccc(-c3cc(-c4ccccc4)nc(-c4ccccc4)n3)c2)C1. The third-order valence-corrected chi connectivity index (χ3v) is 8.48. The second-order valence-electron chi connectivity index (χ2n) is 11.3.